The third-order valence-corrected chi connectivity index (χ3v) is 3.35. The average Bonchev–Trinajstić information content (AvgIpc) is 2.39. The van der Waals surface area contributed by atoms with E-state index in [0.29, 0.717) is 13.2 Å². The second-order valence-corrected chi connectivity index (χ2v) is 5.87. The van der Waals surface area contributed by atoms with Gasteiger partial charge < -0.3 is 20.9 Å². The maximum Gasteiger partial charge on any atom is 0.237 e. The van der Waals surface area contributed by atoms with Crippen molar-refractivity contribution in [1.29, 1.82) is 0 Å². The maximum absolute atomic E-state index is 11.1. The van der Waals surface area contributed by atoms with Crippen LogP contribution in [0.5, 0.6) is 0 Å². The molecule has 5 nitrogen and oxygen atoms in total. The SMILES string of the molecule is CCCCCCCCOCC(O)CNC(C)(C)C(N)=O. The predicted octanol–water partition coefficient (Wildman–Crippen LogP) is 1.58. The number of aliphatic hydroxyl groups is 1. The van der Waals surface area contributed by atoms with Gasteiger partial charge in [-0.05, 0) is 20.3 Å². The normalized spacial score (nSPS) is 13.4. The van der Waals surface area contributed by atoms with Gasteiger partial charge in [0.15, 0.2) is 0 Å². The Balaban J connectivity index is 3.45. The molecule has 0 aliphatic heterocycles. The molecule has 0 saturated heterocycles. The lowest BCUT2D eigenvalue weighted by molar-refractivity contribution is -0.123. The van der Waals surface area contributed by atoms with Crippen molar-refractivity contribution in [2.24, 2.45) is 5.73 Å². The summed E-state index contributed by atoms with van der Waals surface area (Å²) in [5.74, 6) is -0.433. The van der Waals surface area contributed by atoms with E-state index < -0.39 is 17.6 Å². The fourth-order valence-electron chi connectivity index (χ4n) is 1.72. The highest BCUT2D eigenvalue weighted by Crippen LogP contribution is 2.05. The van der Waals surface area contributed by atoms with E-state index in [4.69, 9.17) is 10.5 Å². The van der Waals surface area contributed by atoms with Crippen molar-refractivity contribution in [3.63, 3.8) is 0 Å². The minimum atomic E-state index is -0.805. The number of ether oxygens (including phenoxy) is 1. The van der Waals surface area contributed by atoms with Crippen LogP contribution in [0.3, 0.4) is 0 Å². The second kappa shape index (κ2) is 11.1. The summed E-state index contributed by atoms with van der Waals surface area (Å²) in [6.07, 6.45) is 6.73. The van der Waals surface area contributed by atoms with E-state index in [1.54, 1.807) is 13.8 Å². The minimum Gasteiger partial charge on any atom is -0.389 e. The van der Waals surface area contributed by atoms with Gasteiger partial charge >= 0.3 is 0 Å². The van der Waals surface area contributed by atoms with E-state index in [9.17, 15) is 9.90 Å². The van der Waals surface area contributed by atoms with Crippen LogP contribution >= 0.6 is 0 Å². The zero-order valence-corrected chi connectivity index (χ0v) is 13.3. The molecule has 1 amide bonds. The Morgan fingerprint density at radius 3 is 2.45 bits per heavy atom. The van der Waals surface area contributed by atoms with Gasteiger partial charge in [-0.25, -0.2) is 0 Å². The Morgan fingerprint density at radius 2 is 1.85 bits per heavy atom. The lowest BCUT2D eigenvalue weighted by Crippen LogP contribution is -2.53. The first-order valence-corrected chi connectivity index (χ1v) is 7.71. The summed E-state index contributed by atoms with van der Waals surface area (Å²) < 4.78 is 5.42. The molecule has 0 aliphatic rings. The van der Waals surface area contributed by atoms with Gasteiger partial charge in [-0.15, -0.1) is 0 Å². The van der Waals surface area contributed by atoms with Crippen molar-refractivity contribution in [3.05, 3.63) is 0 Å². The standard InChI is InChI=1S/C15H32N2O3/c1-4-5-6-7-8-9-10-20-12-13(18)11-17-15(2,3)14(16)19/h13,17-18H,4-12H2,1-3H3,(H2,16,19). The number of nitrogens with one attached hydrogen (secondary N) is 1. The van der Waals surface area contributed by atoms with Gasteiger partial charge in [0.1, 0.15) is 0 Å². The maximum atomic E-state index is 11.1. The lowest BCUT2D eigenvalue weighted by Gasteiger charge is -2.24. The summed E-state index contributed by atoms with van der Waals surface area (Å²) in [6.45, 7) is 6.86. The highest BCUT2D eigenvalue weighted by molar-refractivity contribution is 5.83. The van der Waals surface area contributed by atoms with E-state index in [1.807, 2.05) is 0 Å². The molecule has 0 fully saturated rings. The van der Waals surface area contributed by atoms with Crippen molar-refractivity contribution in [2.45, 2.75) is 70.9 Å². The lowest BCUT2D eigenvalue weighted by atomic mass is 10.1. The summed E-state index contributed by atoms with van der Waals surface area (Å²) in [6, 6.07) is 0. The molecule has 1 unspecified atom stereocenters. The zero-order chi connectivity index (χ0) is 15.4. The number of carbonyl (C=O) groups excluding carboxylic acids is 1. The molecule has 0 bridgehead atoms. The van der Waals surface area contributed by atoms with Crippen LogP contribution in [0.25, 0.3) is 0 Å². The van der Waals surface area contributed by atoms with Crippen molar-refractivity contribution in [3.8, 4) is 0 Å². The average molecular weight is 288 g/mol. The number of unbranched alkanes of at least 4 members (excludes halogenated alkanes) is 5. The summed E-state index contributed by atoms with van der Waals surface area (Å²) in [4.78, 5) is 11.1. The monoisotopic (exact) mass is 288 g/mol. The van der Waals surface area contributed by atoms with Crippen LogP contribution in [0.1, 0.15) is 59.3 Å². The molecular formula is C15H32N2O3. The van der Waals surface area contributed by atoms with E-state index >= 15 is 0 Å². The van der Waals surface area contributed by atoms with Gasteiger partial charge in [-0.2, -0.15) is 0 Å². The van der Waals surface area contributed by atoms with Crippen molar-refractivity contribution in [1.82, 2.24) is 5.32 Å². The molecule has 1 atom stereocenters. The van der Waals surface area contributed by atoms with Gasteiger partial charge in [0, 0.05) is 13.2 Å². The van der Waals surface area contributed by atoms with Gasteiger partial charge in [0.25, 0.3) is 0 Å². The Bertz CT molecular complexity index is 258. The number of hydrogen-bond donors (Lipinski definition) is 3. The topological polar surface area (TPSA) is 84.6 Å². The largest absolute Gasteiger partial charge is 0.389 e. The zero-order valence-electron chi connectivity index (χ0n) is 13.3. The summed E-state index contributed by atoms with van der Waals surface area (Å²) >= 11 is 0. The van der Waals surface area contributed by atoms with Crippen molar-refractivity contribution >= 4 is 5.91 Å². The van der Waals surface area contributed by atoms with Crippen LogP contribution in [0.2, 0.25) is 0 Å². The van der Waals surface area contributed by atoms with E-state index in [0.717, 1.165) is 6.42 Å². The Hall–Kier alpha value is -0.650. The molecule has 0 aromatic heterocycles. The molecule has 0 radical (unpaired) electrons. The molecule has 0 saturated carbocycles. The Kier molecular flexibility index (Phi) is 10.7. The molecule has 0 rings (SSSR count). The Labute approximate surface area is 123 Å². The third kappa shape index (κ3) is 10.2. The molecule has 0 aliphatic carbocycles. The smallest absolute Gasteiger partial charge is 0.237 e. The number of carbonyl (C=O) groups is 1. The number of primary amides is 1. The van der Waals surface area contributed by atoms with Crippen LogP contribution in [-0.2, 0) is 9.53 Å². The molecule has 4 N–H and O–H groups in total. The molecular weight excluding hydrogens is 256 g/mol. The van der Waals surface area contributed by atoms with Crippen molar-refractivity contribution in [2.75, 3.05) is 19.8 Å². The molecule has 0 aromatic carbocycles. The minimum absolute atomic E-state index is 0.288. The van der Waals surface area contributed by atoms with Crippen LogP contribution in [0, 0.1) is 0 Å². The third-order valence-electron chi connectivity index (χ3n) is 3.35. The van der Waals surface area contributed by atoms with Crippen LogP contribution in [0.15, 0.2) is 0 Å². The first-order valence-electron chi connectivity index (χ1n) is 7.71. The molecule has 120 valence electrons. The number of hydrogen-bond acceptors (Lipinski definition) is 4. The second-order valence-electron chi connectivity index (χ2n) is 5.87. The van der Waals surface area contributed by atoms with E-state index in [1.165, 1.54) is 32.1 Å². The number of nitrogens with two attached hydrogens (primary N) is 1. The van der Waals surface area contributed by atoms with Gasteiger partial charge in [-0.1, -0.05) is 39.0 Å². The molecule has 0 aromatic rings. The molecule has 0 heterocycles. The van der Waals surface area contributed by atoms with Crippen molar-refractivity contribution < 1.29 is 14.6 Å². The summed E-state index contributed by atoms with van der Waals surface area (Å²) in [5, 5.41) is 12.7. The molecule has 5 heteroatoms. The number of aliphatic hydroxyl groups excluding tert-OH is 1. The van der Waals surface area contributed by atoms with E-state index in [-0.39, 0.29) is 6.61 Å². The van der Waals surface area contributed by atoms with Gasteiger partial charge in [0.2, 0.25) is 5.91 Å². The fraction of sp³-hybridized carbons (Fsp3) is 0.933. The van der Waals surface area contributed by atoms with Crippen LogP contribution < -0.4 is 11.1 Å². The van der Waals surface area contributed by atoms with Gasteiger partial charge in [0.05, 0.1) is 18.2 Å². The fourth-order valence-corrected chi connectivity index (χ4v) is 1.72. The number of β-amino-alcohol motifs (C(OH)–C–C–N with tert-alkyl or cyclic N) is 1. The van der Waals surface area contributed by atoms with E-state index in [2.05, 4.69) is 12.2 Å². The summed E-state index contributed by atoms with van der Waals surface area (Å²) in [7, 11) is 0. The number of amides is 1. The Morgan fingerprint density at radius 1 is 1.25 bits per heavy atom. The number of rotatable bonds is 13. The molecule has 20 heavy (non-hydrogen) atoms. The molecule has 0 spiro atoms. The van der Waals surface area contributed by atoms with Crippen LogP contribution in [0.4, 0.5) is 0 Å². The highest BCUT2D eigenvalue weighted by atomic mass is 16.5. The van der Waals surface area contributed by atoms with Gasteiger partial charge in [-0.3, -0.25) is 4.79 Å². The first-order chi connectivity index (χ1) is 9.40. The predicted molar refractivity (Wildman–Crippen MR) is 81.5 cm³/mol. The summed E-state index contributed by atoms with van der Waals surface area (Å²) in [5.41, 5.74) is 4.43. The highest BCUT2D eigenvalue weighted by Gasteiger charge is 2.24. The van der Waals surface area contributed by atoms with Crippen LogP contribution in [-0.4, -0.2) is 42.4 Å². The first kappa shape index (κ1) is 19.4. The quantitative estimate of drug-likeness (QED) is 0.449.